The summed E-state index contributed by atoms with van der Waals surface area (Å²) in [6.07, 6.45) is 1.32. The van der Waals surface area contributed by atoms with Crippen LogP contribution in [0.4, 0.5) is 0 Å². The van der Waals surface area contributed by atoms with Gasteiger partial charge < -0.3 is 10.2 Å². The molecule has 0 radical (unpaired) electrons. The largest absolute Gasteiger partial charge is 0.481 e. The zero-order valence-corrected chi connectivity index (χ0v) is 12.0. The Kier molecular flexibility index (Phi) is 6.22. The van der Waals surface area contributed by atoms with E-state index in [0.717, 1.165) is 5.56 Å². The highest BCUT2D eigenvalue weighted by molar-refractivity contribution is 5.76. The van der Waals surface area contributed by atoms with Gasteiger partial charge in [-0.25, -0.2) is 0 Å². The molecular weight excluding hydrogens is 256 g/mol. The third kappa shape index (κ3) is 5.03. The van der Waals surface area contributed by atoms with Crippen molar-refractivity contribution in [2.24, 2.45) is 11.8 Å². The third-order valence-corrected chi connectivity index (χ3v) is 3.41. The van der Waals surface area contributed by atoms with E-state index in [0.29, 0.717) is 19.3 Å². The summed E-state index contributed by atoms with van der Waals surface area (Å²) in [6.45, 7) is 3.95. The van der Waals surface area contributed by atoms with Gasteiger partial charge in [0.05, 0.1) is 11.8 Å². The normalized spacial score (nSPS) is 13.9. The van der Waals surface area contributed by atoms with Gasteiger partial charge in [0.25, 0.3) is 0 Å². The molecule has 1 aromatic carbocycles. The van der Waals surface area contributed by atoms with Gasteiger partial charge >= 0.3 is 11.9 Å². The molecule has 0 heterocycles. The zero-order chi connectivity index (χ0) is 15.1. The summed E-state index contributed by atoms with van der Waals surface area (Å²) in [4.78, 5) is 22.6. The molecule has 0 spiro atoms. The summed E-state index contributed by atoms with van der Waals surface area (Å²) in [5.74, 6) is -2.55. The first-order valence-electron chi connectivity index (χ1n) is 6.92. The lowest BCUT2D eigenvalue weighted by molar-refractivity contribution is -0.144. The van der Waals surface area contributed by atoms with Crippen molar-refractivity contribution >= 4 is 11.9 Å². The number of carbonyl (C=O) groups is 2. The Morgan fingerprint density at radius 3 is 2.05 bits per heavy atom. The van der Waals surface area contributed by atoms with E-state index in [1.165, 1.54) is 0 Å². The summed E-state index contributed by atoms with van der Waals surface area (Å²) >= 11 is 0. The molecule has 1 rings (SSSR count). The lowest BCUT2D eigenvalue weighted by Crippen LogP contribution is -2.19. The highest BCUT2D eigenvalue weighted by Gasteiger charge is 2.24. The van der Waals surface area contributed by atoms with Gasteiger partial charge in [-0.15, -0.1) is 0 Å². The van der Waals surface area contributed by atoms with Crippen LogP contribution in [0.5, 0.6) is 0 Å². The molecule has 0 saturated heterocycles. The predicted molar refractivity (Wildman–Crippen MR) is 76.6 cm³/mol. The molecule has 1 aromatic rings. The van der Waals surface area contributed by atoms with Crippen molar-refractivity contribution in [1.29, 1.82) is 0 Å². The number of benzene rings is 1. The summed E-state index contributed by atoms with van der Waals surface area (Å²) in [6, 6.07) is 8.98. The number of aliphatic carboxylic acids is 2. The standard InChI is InChI=1S/C16H22O4/c1-11(2)10-13(15(17)18)8-9-14(16(19)20)12-6-4-3-5-7-12/h3-7,11,13-14H,8-10H2,1-2H3,(H,17,18)(H,19,20)/t13-,14-/m1/s1. The minimum atomic E-state index is -0.898. The minimum absolute atomic E-state index is 0.288. The summed E-state index contributed by atoms with van der Waals surface area (Å²) in [7, 11) is 0. The molecule has 0 aromatic heterocycles. The molecular formula is C16H22O4. The Hall–Kier alpha value is -1.84. The van der Waals surface area contributed by atoms with E-state index in [1.807, 2.05) is 19.9 Å². The second-order valence-electron chi connectivity index (χ2n) is 5.54. The monoisotopic (exact) mass is 278 g/mol. The Morgan fingerprint density at radius 2 is 1.60 bits per heavy atom. The Labute approximate surface area is 119 Å². The molecule has 20 heavy (non-hydrogen) atoms. The van der Waals surface area contributed by atoms with Gasteiger partial charge in [-0.1, -0.05) is 44.2 Å². The van der Waals surface area contributed by atoms with Crippen LogP contribution in [-0.4, -0.2) is 22.2 Å². The van der Waals surface area contributed by atoms with E-state index in [2.05, 4.69) is 0 Å². The molecule has 0 fully saturated rings. The van der Waals surface area contributed by atoms with Crippen LogP contribution in [0.2, 0.25) is 0 Å². The summed E-state index contributed by atoms with van der Waals surface area (Å²) in [5.41, 5.74) is 0.730. The lowest BCUT2D eigenvalue weighted by Gasteiger charge is -2.18. The lowest BCUT2D eigenvalue weighted by atomic mass is 9.87. The van der Waals surface area contributed by atoms with Crippen LogP contribution in [0.3, 0.4) is 0 Å². The molecule has 0 bridgehead atoms. The SMILES string of the molecule is CC(C)C[C@@H](CC[C@@H](C(=O)O)c1ccccc1)C(=O)O. The highest BCUT2D eigenvalue weighted by Crippen LogP contribution is 2.26. The molecule has 0 saturated carbocycles. The first-order valence-corrected chi connectivity index (χ1v) is 6.92. The maximum absolute atomic E-state index is 11.4. The Bertz CT molecular complexity index is 439. The molecule has 4 nitrogen and oxygen atoms in total. The van der Waals surface area contributed by atoms with Gasteiger partial charge in [-0.3, -0.25) is 9.59 Å². The molecule has 2 atom stereocenters. The number of hydrogen-bond donors (Lipinski definition) is 2. The molecule has 4 heteroatoms. The maximum Gasteiger partial charge on any atom is 0.310 e. The minimum Gasteiger partial charge on any atom is -0.481 e. The fraction of sp³-hybridized carbons (Fsp3) is 0.500. The zero-order valence-electron chi connectivity index (χ0n) is 12.0. The van der Waals surface area contributed by atoms with Crippen molar-refractivity contribution in [3.05, 3.63) is 35.9 Å². The van der Waals surface area contributed by atoms with Crippen LogP contribution in [-0.2, 0) is 9.59 Å². The van der Waals surface area contributed by atoms with E-state index < -0.39 is 23.8 Å². The van der Waals surface area contributed by atoms with Crippen molar-refractivity contribution in [2.45, 2.75) is 39.0 Å². The first kappa shape index (κ1) is 16.2. The van der Waals surface area contributed by atoms with Crippen LogP contribution in [0.1, 0.15) is 44.6 Å². The summed E-state index contributed by atoms with van der Waals surface area (Å²) in [5, 5.41) is 18.5. The van der Waals surface area contributed by atoms with E-state index >= 15 is 0 Å². The van der Waals surface area contributed by atoms with Crippen LogP contribution >= 0.6 is 0 Å². The molecule has 0 aliphatic rings. The van der Waals surface area contributed by atoms with E-state index in [-0.39, 0.29) is 5.92 Å². The van der Waals surface area contributed by atoms with Crippen LogP contribution in [0.25, 0.3) is 0 Å². The van der Waals surface area contributed by atoms with Crippen molar-refractivity contribution in [3.63, 3.8) is 0 Å². The number of hydrogen-bond acceptors (Lipinski definition) is 2. The van der Waals surface area contributed by atoms with E-state index in [9.17, 15) is 19.8 Å². The number of carboxylic acid groups (broad SMARTS) is 2. The molecule has 0 aliphatic heterocycles. The van der Waals surface area contributed by atoms with Gasteiger partial charge in [-0.2, -0.15) is 0 Å². The second-order valence-corrected chi connectivity index (χ2v) is 5.54. The summed E-state index contributed by atoms with van der Waals surface area (Å²) < 4.78 is 0. The van der Waals surface area contributed by atoms with Crippen molar-refractivity contribution in [2.75, 3.05) is 0 Å². The van der Waals surface area contributed by atoms with E-state index in [1.54, 1.807) is 24.3 Å². The smallest absolute Gasteiger partial charge is 0.310 e. The highest BCUT2D eigenvalue weighted by atomic mass is 16.4. The fourth-order valence-electron chi connectivity index (χ4n) is 2.40. The molecule has 2 N–H and O–H groups in total. The molecule has 0 amide bonds. The topological polar surface area (TPSA) is 74.6 Å². The Balaban J connectivity index is 2.72. The number of rotatable bonds is 8. The van der Waals surface area contributed by atoms with Crippen LogP contribution in [0.15, 0.2) is 30.3 Å². The van der Waals surface area contributed by atoms with Gasteiger partial charge in [-0.05, 0) is 30.7 Å². The van der Waals surface area contributed by atoms with Crippen molar-refractivity contribution in [1.82, 2.24) is 0 Å². The first-order chi connectivity index (χ1) is 9.41. The van der Waals surface area contributed by atoms with Gasteiger partial charge in [0, 0.05) is 0 Å². The van der Waals surface area contributed by atoms with Gasteiger partial charge in [0.1, 0.15) is 0 Å². The average Bonchev–Trinajstić information content (AvgIpc) is 2.37. The van der Waals surface area contributed by atoms with Crippen LogP contribution < -0.4 is 0 Å². The predicted octanol–water partition coefficient (Wildman–Crippen LogP) is 3.38. The Morgan fingerprint density at radius 1 is 1.00 bits per heavy atom. The quantitative estimate of drug-likeness (QED) is 0.764. The molecule has 0 unspecified atom stereocenters. The van der Waals surface area contributed by atoms with Crippen molar-refractivity contribution in [3.8, 4) is 0 Å². The third-order valence-electron chi connectivity index (χ3n) is 3.41. The van der Waals surface area contributed by atoms with Gasteiger partial charge in [0.15, 0.2) is 0 Å². The number of carboxylic acids is 2. The molecule has 0 aliphatic carbocycles. The van der Waals surface area contributed by atoms with Crippen molar-refractivity contribution < 1.29 is 19.8 Å². The van der Waals surface area contributed by atoms with E-state index in [4.69, 9.17) is 0 Å². The fourth-order valence-corrected chi connectivity index (χ4v) is 2.40. The maximum atomic E-state index is 11.4. The van der Waals surface area contributed by atoms with Gasteiger partial charge in [0.2, 0.25) is 0 Å². The van der Waals surface area contributed by atoms with Crippen LogP contribution in [0, 0.1) is 11.8 Å². The second kappa shape index (κ2) is 7.68. The average molecular weight is 278 g/mol. The molecule has 110 valence electrons.